The first-order valence-corrected chi connectivity index (χ1v) is 9.92. The van der Waals surface area contributed by atoms with Crippen LogP contribution in [0.15, 0.2) is 52.1 Å². The predicted octanol–water partition coefficient (Wildman–Crippen LogP) is 6.29. The largest absolute Gasteiger partial charge is 0.400 e. The third kappa shape index (κ3) is 4.13. The highest BCUT2D eigenvalue weighted by atomic mass is 35.5. The number of aliphatic imine (C=N–C) groups is 2. The first-order chi connectivity index (χ1) is 14.4. The number of benzene rings is 1. The lowest BCUT2D eigenvalue weighted by Gasteiger charge is -2.22. The summed E-state index contributed by atoms with van der Waals surface area (Å²) in [5, 5.41) is 4.71. The molecule has 2 heterocycles. The summed E-state index contributed by atoms with van der Waals surface area (Å²) in [6, 6.07) is 5.68. The summed E-state index contributed by atoms with van der Waals surface area (Å²) in [6.07, 6.45) is -2.22. The number of rotatable bonds is 2. The third-order valence-electron chi connectivity index (χ3n) is 5.10. The molecule has 1 aliphatic carbocycles. The van der Waals surface area contributed by atoms with Gasteiger partial charge in [0.25, 0.3) is 0 Å². The van der Waals surface area contributed by atoms with Crippen molar-refractivity contribution in [2.24, 2.45) is 23.0 Å². The Bertz CT molecular complexity index is 1200. The zero-order valence-corrected chi connectivity index (χ0v) is 19.2. The number of aryl methyl sites for hydroxylation is 1. The number of alkyl halides is 3. The lowest BCUT2D eigenvalue weighted by Crippen LogP contribution is -2.31. The SMILES string of the molecule is Cl.Cn1nc(C(C)(C)C)c(Cl)c1C1=NC2=CC(c3ccccc3F)=CC(C(F)(F)F)C2=N1. The summed E-state index contributed by atoms with van der Waals surface area (Å²) in [7, 11) is 1.64. The van der Waals surface area contributed by atoms with Crippen LogP contribution in [-0.4, -0.2) is 27.5 Å². The van der Waals surface area contributed by atoms with Gasteiger partial charge in [0.1, 0.15) is 17.4 Å². The molecular weight excluding hydrogens is 467 g/mol. The van der Waals surface area contributed by atoms with Crippen molar-refractivity contribution in [3.05, 3.63) is 69.9 Å². The summed E-state index contributed by atoms with van der Waals surface area (Å²) in [5.41, 5.74) is 0.523. The Morgan fingerprint density at radius 2 is 1.72 bits per heavy atom. The minimum Gasteiger partial charge on any atom is -0.263 e. The van der Waals surface area contributed by atoms with Crippen LogP contribution in [0.4, 0.5) is 17.6 Å². The van der Waals surface area contributed by atoms with Gasteiger partial charge in [-0.3, -0.25) is 4.68 Å². The number of fused-ring (bicyclic) bond motifs is 1. The van der Waals surface area contributed by atoms with E-state index in [0.29, 0.717) is 16.4 Å². The molecule has 0 N–H and O–H groups in total. The molecule has 0 saturated carbocycles. The quantitative estimate of drug-likeness (QED) is 0.459. The Hall–Kier alpha value is -2.45. The lowest BCUT2D eigenvalue weighted by molar-refractivity contribution is -0.143. The van der Waals surface area contributed by atoms with E-state index in [1.165, 1.54) is 29.0 Å². The van der Waals surface area contributed by atoms with Crippen molar-refractivity contribution in [3.8, 4) is 0 Å². The van der Waals surface area contributed by atoms with E-state index >= 15 is 0 Å². The molecule has 1 aromatic heterocycles. The molecule has 2 aliphatic rings. The predicted molar refractivity (Wildman–Crippen MR) is 120 cm³/mol. The van der Waals surface area contributed by atoms with Crippen molar-refractivity contribution in [3.63, 3.8) is 0 Å². The van der Waals surface area contributed by atoms with Gasteiger partial charge in [-0.25, -0.2) is 14.4 Å². The van der Waals surface area contributed by atoms with Crippen LogP contribution >= 0.6 is 24.0 Å². The van der Waals surface area contributed by atoms with Crippen LogP contribution in [0.2, 0.25) is 5.02 Å². The molecule has 4 rings (SSSR count). The zero-order valence-electron chi connectivity index (χ0n) is 17.6. The van der Waals surface area contributed by atoms with Gasteiger partial charge < -0.3 is 0 Å². The highest BCUT2D eigenvalue weighted by molar-refractivity contribution is 6.35. The highest BCUT2D eigenvalue weighted by Gasteiger charge is 2.46. The van der Waals surface area contributed by atoms with E-state index < -0.39 is 17.9 Å². The van der Waals surface area contributed by atoms with Gasteiger partial charge in [0.15, 0.2) is 5.84 Å². The molecular formula is C22H20Cl2F4N4. The van der Waals surface area contributed by atoms with Crippen molar-refractivity contribution in [2.45, 2.75) is 32.4 Å². The molecule has 0 spiro atoms. The lowest BCUT2D eigenvalue weighted by atomic mass is 9.88. The fourth-order valence-corrected chi connectivity index (χ4v) is 4.12. The van der Waals surface area contributed by atoms with Crippen LogP contribution in [-0.2, 0) is 12.5 Å². The number of aromatic nitrogens is 2. The average molecular weight is 487 g/mol. The number of allylic oxidation sites excluding steroid dienone is 4. The molecule has 2 aromatic rings. The summed E-state index contributed by atoms with van der Waals surface area (Å²) in [4.78, 5) is 8.52. The van der Waals surface area contributed by atoms with Crippen molar-refractivity contribution in [1.29, 1.82) is 0 Å². The summed E-state index contributed by atoms with van der Waals surface area (Å²) in [5.74, 6) is -2.58. The maximum Gasteiger partial charge on any atom is 0.400 e. The molecule has 0 amide bonds. The van der Waals surface area contributed by atoms with Crippen LogP contribution in [0.25, 0.3) is 5.57 Å². The first kappa shape index (κ1) is 24.2. The number of amidine groups is 1. The molecule has 0 saturated heterocycles. The first-order valence-electron chi connectivity index (χ1n) is 9.54. The van der Waals surface area contributed by atoms with Crippen molar-refractivity contribution >= 4 is 41.1 Å². The maximum atomic E-state index is 14.3. The topological polar surface area (TPSA) is 42.5 Å². The second kappa shape index (κ2) is 8.15. The Balaban J connectivity index is 0.00000289. The number of halogens is 6. The standard InChI is InChI=1S/C22H19ClF4N4.ClH/c1-21(2,3)19-16(23)18(31(4)30-19)20-28-15-10-11(12-7-5-6-8-14(12)24)9-13(17(15)29-20)22(25,26)27;/h5-10,13H,1-4H3;1H. The molecule has 1 aliphatic heterocycles. The Morgan fingerprint density at radius 1 is 1.06 bits per heavy atom. The second-order valence-corrected chi connectivity index (χ2v) is 8.85. The average Bonchev–Trinajstić information content (AvgIpc) is 3.20. The molecule has 0 bridgehead atoms. The molecule has 1 aromatic carbocycles. The number of hydrogen-bond acceptors (Lipinski definition) is 3. The van der Waals surface area contributed by atoms with Crippen LogP contribution in [0.5, 0.6) is 0 Å². The normalized spacial score (nSPS) is 18.3. The smallest absolute Gasteiger partial charge is 0.263 e. The molecule has 4 nitrogen and oxygen atoms in total. The second-order valence-electron chi connectivity index (χ2n) is 8.47. The highest BCUT2D eigenvalue weighted by Crippen LogP contribution is 2.41. The molecule has 170 valence electrons. The van der Waals surface area contributed by atoms with Gasteiger partial charge in [-0.1, -0.05) is 56.6 Å². The van der Waals surface area contributed by atoms with Crippen molar-refractivity contribution in [2.75, 3.05) is 0 Å². The van der Waals surface area contributed by atoms with E-state index in [9.17, 15) is 17.6 Å². The van der Waals surface area contributed by atoms with E-state index in [1.807, 2.05) is 20.8 Å². The van der Waals surface area contributed by atoms with Gasteiger partial charge in [-0.2, -0.15) is 18.3 Å². The monoisotopic (exact) mass is 486 g/mol. The minimum atomic E-state index is -4.62. The molecule has 32 heavy (non-hydrogen) atoms. The van der Waals surface area contributed by atoms with Crippen molar-refractivity contribution < 1.29 is 17.6 Å². The molecule has 0 fully saturated rings. The van der Waals surface area contributed by atoms with Gasteiger partial charge in [-0.15, -0.1) is 12.4 Å². The van der Waals surface area contributed by atoms with Crippen LogP contribution in [0.3, 0.4) is 0 Å². The fraction of sp³-hybridized carbons (Fsp3) is 0.318. The Morgan fingerprint density at radius 3 is 2.28 bits per heavy atom. The third-order valence-corrected chi connectivity index (χ3v) is 5.46. The van der Waals surface area contributed by atoms with E-state index in [2.05, 4.69) is 15.1 Å². The van der Waals surface area contributed by atoms with E-state index in [4.69, 9.17) is 11.6 Å². The molecule has 1 unspecified atom stereocenters. The van der Waals surface area contributed by atoms with E-state index in [0.717, 1.165) is 6.08 Å². The van der Waals surface area contributed by atoms with Crippen LogP contribution < -0.4 is 0 Å². The maximum absolute atomic E-state index is 14.3. The van der Waals surface area contributed by atoms with Gasteiger partial charge >= 0.3 is 6.18 Å². The van der Waals surface area contributed by atoms with Gasteiger partial charge in [0.2, 0.25) is 0 Å². The summed E-state index contributed by atoms with van der Waals surface area (Å²) >= 11 is 6.53. The molecule has 1 atom stereocenters. The number of hydrogen-bond donors (Lipinski definition) is 0. The Kier molecular flexibility index (Phi) is 6.17. The molecule has 0 radical (unpaired) electrons. The van der Waals surface area contributed by atoms with Crippen LogP contribution in [0.1, 0.15) is 37.7 Å². The Labute approximate surface area is 193 Å². The number of nitrogens with zero attached hydrogens (tertiary/aromatic N) is 4. The van der Waals surface area contributed by atoms with Crippen molar-refractivity contribution in [1.82, 2.24) is 9.78 Å². The van der Waals surface area contributed by atoms with Gasteiger partial charge in [0.05, 0.1) is 22.1 Å². The summed E-state index contributed by atoms with van der Waals surface area (Å²) in [6.45, 7) is 5.79. The fourth-order valence-electron chi connectivity index (χ4n) is 3.60. The van der Waals surface area contributed by atoms with Crippen LogP contribution in [0, 0.1) is 11.7 Å². The van der Waals surface area contributed by atoms with Gasteiger partial charge in [-0.05, 0) is 17.7 Å². The minimum absolute atomic E-state index is 0. The molecule has 10 heteroatoms. The van der Waals surface area contributed by atoms with Gasteiger partial charge in [0, 0.05) is 18.0 Å². The van der Waals surface area contributed by atoms with E-state index in [-0.39, 0.29) is 46.2 Å². The van der Waals surface area contributed by atoms with E-state index in [1.54, 1.807) is 13.1 Å². The summed E-state index contributed by atoms with van der Waals surface area (Å²) < 4.78 is 57.4. The zero-order chi connectivity index (χ0) is 22.7.